The summed E-state index contributed by atoms with van der Waals surface area (Å²) in [5.41, 5.74) is 0.256. The molecule has 0 saturated heterocycles. The molecule has 0 aliphatic heterocycles. The zero-order valence-corrected chi connectivity index (χ0v) is 11.1. The van der Waals surface area contributed by atoms with Crippen molar-refractivity contribution in [3.8, 4) is 0 Å². The van der Waals surface area contributed by atoms with E-state index in [1.807, 2.05) is 24.1 Å². The summed E-state index contributed by atoms with van der Waals surface area (Å²) in [6.07, 6.45) is 5.18. The molecule has 1 aliphatic carbocycles. The summed E-state index contributed by atoms with van der Waals surface area (Å²) in [4.78, 5) is 6.31. The van der Waals surface area contributed by atoms with Crippen molar-refractivity contribution in [1.82, 2.24) is 4.98 Å². The lowest BCUT2D eigenvalue weighted by molar-refractivity contribution is 0.0558. The maximum atomic E-state index is 10.4. The van der Waals surface area contributed by atoms with Gasteiger partial charge in [-0.3, -0.25) is 0 Å². The van der Waals surface area contributed by atoms with Gasteiger partial charge in [-0.1, -0.05) is 18.9 Å². The summed E-state index contributed by atoms with van der Waals surface area (Å²) in [5, 5.41) is 19.8. The lowest BCUT2D eigenvalue weighted by Gasteiger charge is -2.29. The summed E-state index contributed by atoms with van der Waals surface area (Å²) in [5.74, 6) is 0.833. The van der Waals surface area contributed by atoms with Crippen LogP contribution < -0.4 is 4.90 Å². The number of anilines is 1. The topological polar surface area (TPSA) is 56.6 Å². The van der Waals surface area contributed by atoms with Crippen LogP contribution in [0.4, 0.5) is 5.82 Å². The second-order valence-corrected chi connectivity index (χ2v) is 5.41. The van der Waals surface area contributed by atoms with E-state index in [-0.39, 0.29) is 0 Å². The molecule has 1 fully saturated rings. The van der Waals surface area contributed by atoms with Gasteiger partial charge in [0.1, 0.15) is 5.82 Å². The fraction of sp³-hybridized carbons (Fsp3) is 0.643. The van der Waals surface area contributed by atoms with E-state index < -0.39 is 11.7 Å². The van der Waals surface area contributed by atoms with E-state index in [9.17, 15) is 10.2 Å². The van der Waals surface area contributed by atoms with Crippen LogP contribution in [0.3, 0.4) is 0 Å². The highest BCUT2D eigenvalue weighted by Crippen LogP contribution is 2.30. The molecule has 2 N–H and O–H groups in total. The van der Waals surface area contributed by atoms with Gasteiger partial charge in [0.2, 0.25) is 0 Å². The van der Waals surface area contributed by atoms with Crippen molar-refractivity contribution in [2.24, 2.45) is 0 Å². The van der Waals surface area contributed by atoms with Crippen LogP contribution in [-0.4, -0.2) is 34.4 Å². The molecule has 0 bridgehead atoms. The molecular weight excluding hydrogens is 228 g/mol. The lowest BCUT2D eigenvalue weighted by Crippen LogP contribution is -2.39. The van der Waals surface area contributed by atoms with Crippen LogP contribution in [0.25, 0.3) is 0 Å². The second-order valence-electron chi connectivity index (χ2n) is 5.41. The molecule has 1 aliphatic rings. The van der Waals surface area contributed by atoms with Crippen LogP contribution in [-0.2, 0) is 0 Å². The molecule has 2 rings (SSSR count). The van der Waals surface area contributed by atoms with Gasteiger partial charge in [0.25, 0.3) is 0 Å². The summed E-state index contributed by atoms with van der Waals surface area (Å²) < 4.78 is 0. The number of hydrogen-bond acceptors (Lipinski definition) is 4. The van der Waals surface area contributed by atoms with E-state index in [0.29, 0.717) is 6.54 Å². The molecule has 1 aromatic heterocycles. The Hall–Kier alpha value is -1.13. The molecule has 1 aromatic rings. The fourth-order valence-electron chi connectivity index (χ4n) is 2.58. The smallest absolute Gasteiger partial charge is 0.128 e. The van der Waals surface area contributed by atoms with E-state index in [2.05, 4.69) is 4.98 Å². The molecule has 0 aromatic carbocycles. The Morgan fingerprint density at radius 3 is 2.56 bits per heavy atom. The quantitative estimate of drug-likeness (QED) is 0.856. The highest BCUT2D eigenvalue weighted by molar-refractivity contribution is 5.39. The minimum absolute atomic E-state index is 0.490. The number of aliphatic hydroxyl groups is 2. The zero-order chi connectivity index (χ0) is 13.2. The van der Waals surface area contributed by atoms with Crippen molar-refractivity contribution in [2.75, 3.05) is 18.5 Å². The van der Waals surface area contributed by atoms with Gasteiger partial charge in [0.05, 0.1) is 11.7 Å². The molecule has 1 atom stereocenters. The van der Waals surface area contributed by atoms with Crippen molar-refractivity contribution < 1.29 is 10.2 Å². The number of nitrogens with zero attached hydrogens (tertiary/aromatic N) is 2. The van der Waals surface area contributed by atoms with E-state index in [4.69, 9.17) is 0 Å². The average molecular weight is 250 g/mol. The maximum Gasteiger partial charge on any atom is 0.128 e. The first-order chi connectivity index (χ1) is 8.50. The average Bonchev–Trinajstić information content (AvgIpc) is 2.76. The molecular formula is C14H22N2O2. The number of likely N-dealkylation sites (N-methyl/N-ethyl adjacent to an activating group) is 1. The number of rotatable bonds is 4. The van der Waals surface area contributed by atoms with Gasteiger partial charge >= 0.3 is 0 Å². The predicted molar refractivity (Wildman–Crippen MR) is 71.6 cm³/mol. The van der Waals surface area contributed by atoms with Crippen molar-refractivity contribution in [3.05, 3.63) is 23.9 Å². The molecule has 18 heavy (non-hydrogen) atoms. The lowest BCUT2D eigenvalue weighted by atomic mass is 10.0. The van der Waals surface area contributed by atoms with Gasteiger partial charge < -0.3 is 15.1 Å². The summed E-state index contributed by atoms with van der Waals surface area (Å²) >= 11 is 0. The van der Waals surface area contributed by atoms with Crippen molar-refractivity contribution in [3.63, 3.8) is 0 Å². The molecule has 1 heterocycles. The minimum Gasteiger partial charge on any atom is -0.389 e. The largest absolute Gasteiger partial charge is 0.389 e. The maximum absolute atomic E-state index is 10.4. The van der Waals surface area contributed by atoms with Crippen LogP contribution in [0.2, 0.25) is 0 Å². The number of aliphatic hydroxyl groups excluding tert-OH is 1. The van der Waals surface area contributed by atoms with Crippen LogP contribution in [0, 0.1) is 0 Å². The number of pyridine rings is 1. The van der Waals surface area contributed by atoms with Crippen LogP contribution in [0.5, 0.6) is 0 Å². The second kappa shape index (κ2) is 5.24. The van der Waals surface area contributed by atoms with Gasteiger partial charge in [-0.25, -0.2) is 4.98 Å². The molecule has 0 radical (unpaired) electrons. The summed E-state index contributed by atoms with van der Waals surface area (Å²) in [6, 6.07) is 3.77. The van der Waals surface area contributed by atoms with Gasteiger partial charge in [0, 0.05) is 19.8 Å². The Balaban J connectivity index is 2.02. The number of aromatic nitrogens is 1. The first kappa shape index (κ1) is 13.3. The van der Waals surface area contributed by atoms with Crippen molar-refractivity contribution in [1.29, 1.82) is 0 Å². The van der Waals surface area contributed by atoms with Gasteiger partial charge in [0.15, 0.2) is 0 Å². The molecule has 1 saturated carbocycles. The normalized spacial score (nSPS) is 19.8. The summed E-state index contributed by atoms with van der Waals surface area (Å²) in [7, 11) is 1.95. The van der Waals surface area contributed by atoms with Crippen LogP contribution in [0.1, 0.15) is 44.3 Å². The molecule has 0 amide bonds. The third kappa shape index (κ3) is 3.00. The minimum atomic E-state index is -0.556. The van der Waals surface area contributed by atoms with Crippen LogP contribution in [0.15, 0.2) is 18.3 Å². The Labute approximate surface area is 108 Å². The standard InChI is InChI=1S/C14H22N2O2/c1-11(17)12-5-6-13(15-9-12)16(2)10-14(18)7-3-4-8-14/h5-6,9,11,17-18H,3-4,7-8,10H2,1-2H3/t11-/m1/s1. The first-order valence-electron chi connectivity index (χ1n) is 6.58. The highest BCUT2D eigenvalue weighted by Gasteiger charge is 2.32. The Morgan fingerprint density at radius 2 is 2.06 bits per heavy atom. The molecule has 4 heteroatoms. The molecule has 0 unspecified atom stereocenters. The predicted octanol–water partition coefficient (Wildman–Crippen LogP) is 1.88. The third-order valence-corrected chi connectivity index (χ3v) is 3.71. The van der Waals surface area contributed by atoms with E-state index >= 15 is 0 Å². The monoisotopic (exact) mass is 250 g/mol. The first-order valence-corrected chi connectivity index (χ1v) is 6.58. The SMILES string of the molecule is C[C@@H](O)c1ccc(N(C)CC2(O)CCCC2)nc1. The molecule has 0 spiro atoms. The Bertz CT molecular complexity index is 383. The number of hydrogen-bond donors (Lipinski definition) is 2. The van der Waals surface area contributed by atoms with Gasteiger partial charge in [-0.15, -0.1) is 0 Å². The van der Waals surface area contributed by atoms with E-state index in [1.54, 1.807) is 13.1 Å². The third-order valence-electron chi connectivity index (χ3n) is 3.71. The van der Waals surface area contributed by atoms with Crippen molar-refractivity contribution >= 4 is 5.82 Å². The zero-order valence-electron chi connectivity index (χ0n) is 11.1. The highest BCUT2D eigenvalue weighted by atomic mass is 16.3. The molecule has 4 nitrogen and oxygen atoms in total. The molecule has 100 valence electrons. The van der Waals surface area contributed by atoms with Crippen LogP contribution >= 0.6 is 0 Å². The fourth-order valence-corrected chi connectivity index (χ4v) is 2.58. The van der Waals surface area contributed by atoms with Gasteiger partial charge in [-0.05, 0) is 31.4 Å². The van der Waals surface area contributed by atoms with Crippen molar-refractivity contribution in [2.45, 2.75) is 44.3 Å². The Kier molecular flexibility index (Phi) is 3.88. The summed E-state index contributed by atoms with van der Waals surface area (Å²) in [6.45, 7) is 2.34. The Morgan fingerprint density at radius 1 is 1.39 bits per heavy atom. The van der Waals surface area contributed by atoms with Gasteiger partial charge in [-0.2, -0.15) is 0 Å². The van der Waals surface area contributed by atoms with E-state index in [1.165, 1.54) is 0 Å². The van der Waals surface area contributed by atoms with E-state index in [0.717, 1.165) is 37.1 Å².